The van der Waals surface area contributed by atoms with Gasteiger partial charge in [-0.25, -0.2) is 0 Å². The maximum absolute atomic E-state index is 6.39. The van der Waals surface area contributed by atoms with Gasteiger partial charge in [0.25, 0.3) is 0 Å². The summed E-state index contributed by atoms with van der Waals surface area (Å²) < 4.78 is 5.96. The summed E-state index contributed by atoms with van der Waals surface area (Å²) in [5.41, 5.74) is 3.90. The smallest absolute Gasteiger partial charge is 0.119 e. The highest BCUT2D eigenvalue weighted by Gasteiger charge is 2.22. The third-order valence-electron chi connectivity index (χ3n) is 5.65. The molecular formula is C23H25Cl2NO. The van der Waals surface area contributed by atoms with E-state index in [4.69, 9.17) is 27.9 Å². The quantitative estimate of drug-likeness (QED) is 0.533. The van der Waals surface area contributed by atoms with Gasteiger partial charge in [-0.3, -0.25) is 0 Å². The molecule has 2 aromatic rings. The van der Waals surface area contributed by atoms with Gasteiger partial charge in [-0.1, -0.05) is 53.6 Å². The molecule has 142 valence electrons. The number of halogens is 2. The van der Waals surface area contributed by atoms with Gasteiger partial charge in [0, 0.05) is 6.54 Å². The average Bonchev–Trinajstić information content (AvgIpc) is 3.16. The molecule has 1 aliphatic carbocycles. The Hall–Kier alpha value is -1.48. The molecule has 4 heteroatoms. The van der Waals surface area contributed by atoms with Crippen molar-refractivity contribution in [2.75, 3.05) is 26.2 Å². The molecule has 1 heterocycles. The zero-order chi connectivity index (χ0) is 18.6. The predicted molar refractivity (Wildman–Crippen MR) is 114 cm³/mol. The number of nitrogens with zero attached hydrogens (tertiary/aromatic N) is 1. The molecule has 27 heavy (non-hydrogen) atoms. The van der Waals surface area contributed by atoms with Crippen molar-refractivity contribution in [2.45, 2.75) is 31.6 Å². The highest BCUT2D eigenvalue weighted by Crippen LogP contribution is 2.36. The highest BCUT2D eigenvalue weighted by atomic mass is 35.5. The number of fused-ring (bicyclic) bond motifs is 1. The van der Waals surface area contributed by atoms with Gasteiger partial charge in [0.2, 0.25) is 0 Å². The number of hydrogen-bond acceptors (Lipinski definition) is 2. The lowest BCUT2D eigenvalue weighted by Crippen LogP contribution is -2.34. The first-order valence-corrected chi connectivity index (χ1v) is 10.5. The van der Waals surface area contributed by atoms with Gasteiger partial charge in [-0.15, -0.1) is 0 Å². The van der Waals surface area contributed by atoms with Crippen LogP contribution < -0.4 is 4.74 Å². The number of hydrogen-bond donors (Lipinski definition) is 0. The van der Waals surface area contributed by atoms with Gasteiger partial charge in [0.1, 0.15) is 5.75 Å². The van der Waals surface area contributed by atoms with Crippen molar-refractivity contribution in [2.24, 2.45) is 0 Å². The molecule has 0 saturated carbocycles. The lowest BCUT2D eigenvalue weighted by Gasteiger charge is -2.32. The molecule has 1 aliphatic heterocycles. The molecule has 2 nitrogen and oxygen atoms in total. The Morgan fingerprint density at radius 1 is 1.07 bits per heavy atom. The lowest BCUT2D eigenvalue weighted by molar-refractivity contribution is 0.193. The van der Waals surface area contributed by atoms with Crippen LogP contribution in [-0.2, 0) is 6.42 Å². The SMILES string of the molecule is Clc1cccc(C2CCN(CCCOc3ccc4c(c3)CC=C4)CC2)c1Cl. The van der Waals surface area contributed by atoms with Crippen LogP contribution in [0.15, 0.2) is 42.5 Å². The molecule has 0 aromatic heterocycles. The maximum Gasteiger partial charge on any atom is 0.119 e. The van der Waals surface area contributed by atoms with Crippen LogP contribution in [0.5, 0.6) is 5.75 Å². The monoisotopic (exact) mass is 401 g/mol. The molecule has 2 aliphatic rings. The van der Waals surface area contributed by atoms with Gasteiger partial charge >= 0.3 is 0 Å². The number of ether oxygens (including phenoxy) is 1. The molecule has 1 saturated heterocycles. The van der Waals surface area contributed by atoms with E-state index >= 15 is 0 Å². The van der Waals surface area contributed by atoms with Crippen LogP contribution in [0, 0.1) is 0 Å². The lowest BCUT2D eigenvalue weighted by atomic mass is 9.89. The molecule has 0 N–H and O–H groups in total. The molecule has 0 unspecified atom stereocenters. The van der Waals surface area contributed by atoms with Crippen molar-refractivity contribution in [1.29, 1.82) is 0 Å². The van der Waals surface area contributed by atoms with Crippen molar-refractivity contribution in [3.63, 3.8) is 0 Å². The minimum absolute atomic E-state index is 0.517. The zero-order valence-electron chi connectivity index (χ0n) is 15.5. The Labute approximate surface area is 171 Å². The van der Waals surface area contributed by atoms with Crippen LogP contribution in [0.25, 0.3) is 6.08 Å². The molecule has 4 rings (SSSR count). The van der Waals surface area contributed by atoms with Gasteiger partial charge in [0.05, 0.1) is 16.7 Å². The van der Waals surface area contributed by atoms with Gasteiger partial charge < -0.3 is 9.64 Å². The van der Waals surface area contributed by atoms with Crippen molar-refractivity contribution in [1.82, 2.24) is 4.90 Å². The van der Waals surface area contributed by atoms with E-state index in [1.807, 2.05) is 12.1 Å². The van der Waals surface area contributed by atoms with Crippen molar-refractivity contribution in [3.8, 4) is 5.75 Å². The highest BCUT2D eigenvalue weighted by molar-refractivity contribution is 6.42. The van der Waals surface area contributed by atoms with Crippen molar-refractivity contribution >= 4 is 29.3 Å². The van der Waals surface area contributed by atoms with E-state index in [0.29, 0.717) is 10.9 Å². The topological polar surface area (TPSA) is 12.5 Å². The normalized spacial score (nSPS) is 17.3. The second kappa shape index (κ2) is 8.68. The van der Waals surface area contributed by atoms with Crippen molar-refractivity contribution in [3.05, 3.63) is 69.2 Å². The van der Waals surface area contributed by atoms with E-state index in [9.17, 15) is 0 Å². The third-order valence-corrected chi connectivity index (χ3v) is 6.48. The Kier molecular flexibility index (Phi) is 6.07. The minimum atomic E-state index is 0.517. The van der Waals surface area contributed by atoms with Crippen molar-refractivity contribution < 1.29 is 4.74 Å². The van der Waals surface area contributed by atoms with Crippen LogP contribution in [0.4, 0.5) is 0 Å². The Morgan fingerprint density at radius 2 is 1.93 bits per heavy atom. The van der Waals surface area contributed by atoms with E-state index in [1.165, 1.54) is 16.7 Å². The number of piperidine rings is 1. The largest absolute Gasteiger partial charge is 0.494 e. The minimum Gasteiger partial charge on any atom is -0.494 e. The summed E-state index contributed by atoms with van der Waals surface area (Å²) in [6, 6.07) is 12.4. The molecular weight excluding hydrogens is 377 g/mol. The van der Waals surface area contributed by atoms with Gasteiger partial charge in [-0.2, -0.15) is 0 Å². The summed E-state index contributed by atoms with van der Waals surface area (Å²) in [4.78, 5) is 2.53. The summed E-state index contributed by atoms with van der Waals surface area (Å²) in [7, 11) is 0. The van der Waals surface area contributed by atoms with Crippen LogP contribution in [0.2, 0.25) is 10.0 Å². The standard InChI is InChI=1S/C23H25Cl2NO/c24-22-7-2-6-21(23(22)25)18-10-13-26(14-11-18)12-3-15-27-20-9-8-17-4-1-5-19(17)16-20/h1-2,4,6-9,16,18H,3,5,10-15H2. The van der Waals surface area contributed by atoms with Crippen LogP contribution >= 0.6 is 23.2 Å². The number of allylic oxidation sites excluding steroid dienone is 1. The summed E-state index contributed by atoms with van der Waals surface area (Å²) in [6.07, 6.45) is 8.74. The third kappa shape index (κ3) is 4.51. The van der Waals surface area contributed by atoms with Crippen LogP contribution in [0.1, 0.15) is 41.9 Å². The van der Waals surface area contributed by atoms with Gasteiger partial charge in [0.15, 0.2) is 0 Å². The summed E-state index contributed by atoms with van der Waals surface area (Å²) in [6.45, 7) is 4.07. The first-order chi connectivity index (χ1) is 13.2. The molecule has 2 aromatic carbocycles. The Balaban J connectivity index is 1.19. The number of rotatable bonds is 6. The molecule has 0 bridgehead atoms. The van der Waals surface area contributed by atoms with E-state index in [0.717, 1.165) is 62.7 Å². The first-order valence-electron chi connectivity index (χ1n) is 9.79. The zero-order valence-corrected chi connectivity index (χ0v) is 17.0. The van der Waals surface area contributed by atoms with Gasteiger partial charge in [-0.05, 0) is 79.6 Å². The van der Waals surface area contributed by atoms with E-state index < -0.39 is 0 Å². The molecule has 1 fully saturated rings. The first kappa shape index (κ1) is 18.9. The Bertz CT molecular complexity index is 825. The molecule has 0 atom stereocenters. The Morgan fingerprint density at radius 3 is 2.78 bits per heavy atom. The number of likely N-dealkylation sites (tertiary alicyclic amines) is 1. The predicted octanol–water partition coefficient (Wildman–Crippen LogP) is 6.21. The molecule has 0 amide bonds. The van der Waals surface area contributed by atoms with E-state index in [2.05, 4.69) is 41.3 Å². The fourth-order valence-corrected chi connectivity index (χ4v) is 4.57. The van der Waals surface area contributed by atoms with Crippen LogP contribution in [0.3, 0.4) is 0 Å². The fraction of sp³-hybridized carbons (Fsp3) is 0.391. The summed E-state index contributed by atoms with van der Waals surface area (Å²) in [5.74, 6) is 1.51. The molecule has 0 radical (unpaired) electrons. The van der Waals surface area contributed by atoms with E-state index in [1.54, 1.807) is 0 Å². The summed E-state index contributed by atoms with van der Waals surface area (Å²) in [5, 5.41) is 1.40. The van der Waals surface area contributed by atoms with E-state index in [-0.39, 0.29) is 0 Å². The molecule has 0 spiro atoms. The second-order valence-electron chi connectivity index (χ2n) is 7.43. The fourth-order valence-electron chi connectivity index (χ4n) is 4.11. The summed E-state index contributed by atoms with van der Waals surface area (Å²) >= 11 is 12.6. The second-order valence-corrected chi connectivity index (χ2v) is 8.21. The number of benzene rings is 2. The van der Waals surface area contributed by atoms with Crippen LogP contribution in [-0.4, -0.2) is 31.1 Å². The maximum atomic E-state index is 6.39. The average molecular weight is 402 g/mol.